The highest BCUT2D eigenvalue weighted by Crippen LogP contribution is 2.50. The summed E-state index contributed by atoms with van der Waals surface area (Å²) >= 11 is 8.38. The van der Waals surface area contributed by atoms with Gasteiger partial charge in [-0.15, -0.1) is 23.4 Å². The monoisotopic (exact) mass is 332 g/mol. The molecule has 3 heterocycles. The number of nitrogens with one attached hydrogen (secondary N) is 2. The van der Waals surface area contributed by atoms with Crippen molar-refractivity contribution in [3.8, 4) is 0 Å². The van der Waals surface area contributed by atoms with Gasteiger partial charge in [-0.2, -0.15) is 0 Å². The molecule has 8 atom stereocenters. The van der Waals surface area contributed by atoms with E-state index < -0.39 is 6.30 Å². The largest absolute Gasteiger partial charge is 0.299 e. The van der Waals surface area contributed by atoms with E-state index in [4.69, 9.17) is 11.6 Å². The van der Waals surface area contributed by atoms with Crippen LogP contribution in [0.15, 0.2) is 0 Å². The Morgan fingerprint density at radius 2 is 2.10 bits per heavy atom. The van der Waals surface area contributed by atoms with Gasteiger partial charge in [-0.3, -0.25) is 15.4 Å². The first kappa shape index (κ1) is 14.7. The molecular weight excluding hydrogens is 311 g/mol. The zero-order valence-electron chi connectivity index (χ0n) is 11.9. The van der Waals surface area contributed by atoms with Gasteiger partial charge in [0.05, 0.1) is 5.50 Å². The lowest BCUT2D eigenvalue weighted by molar-refractivity contribution is -0.132. The lowest BCUT2D eigenvalue weighted by atomic mass is 9.67. The highest BCUT2D eigenvalue weighted by molar-refractivity contribution is 8.00. The van der Waals surface area contributed by atoms with Gasteiger partial charge in [0.1, 0.15) is 5.78 Å². The zero-order chi connectivity index (χ0) is 14.6. The molecule has 118 valence electrons. The fourth-order valence-corrected chi connectivity index (χ4v) is 7.03. The Balaban J connectivity index is 1.62. The summed E-state index contributed by atoms with van der Waals surface area (Å²) in [6.07, 6.45) is 3.98. The molecule has 2 N–H and O–H groups in total. The number of hydrogen-bond acceptors (Lipinski definition) is 4. The van der Waals surface area contributed by atoms with Crippen LogP contribution in [0.3, 0.4) is 0 Å². The minimum absolute atomic E-state index is 0.0376. The second-order valence-electron chi connectivity index (χ2n) is 6.91. The minimum Gasteiger partial charge on any atom is -0.299 e. The quantitative estimate of drug-likeness (QED) is 0.527. The van der Waals surface area contributed by atoms with E-state index in [-0.39, 0.29) is 27.8 Å². The number of hydrogen-bond donors (Lipinski definition) is 2. The molecule has 0 spiro atoms. The normalized spacial score (nSPS) is 53.5. The van der Waals surface area contributed by atoms with Crippen molar-refractivity contribution >= 4 is 29.1 Å². The van der Waals surface area contributed by atoms with Crippen molar-refractivity contribution in [2.45, 2.75) is 60.4 Å². The fraction of sp³-hybridized carbons (Fsp3) is 0.933. The summed E-state index contributed by atoms with van der Waals surface area (Å²) in [6.45, 7) is 0.586. The third-order valence-corrected chi connectivity index (χ3v) is 8.04. The molecule has 3 aliphatic heterocycles. The van der Waals surface area contributed by atoms with Crippen LogP contribution in [0, 0.1) is 17.8 Å². The molecule has 0 bridgehead atoms. The second kappa shape index (κ2) is 5.66. The Labute approximate surface area is 134 Å². The van der Waals surface area contributed by atoms with Gasteiger partial charge in [0, 0.05) is 41.3 Å². The van der Waals surface area contributed by atoms with E-state index >= 15 is 0 Å². The standard InChI is InChI=1S/C15H22ClFN2OS/c16-15-14-12(7-3-1-2-4-9(7)19-15)13(20)8-5-11(17)18-6-10(8)21-14/h7-12,14-15,18-19H,1-6H2. The predicted octanol–water partition coefficient (Wildman–Crippen LogP) is 2.29. The third kappa shape index (κ3) is 2.44. The van der Waals surface area contributed by atoms with Crippen molar-refractivity contribution in [2.24, 2.45) is 17.8 Å². The summed E-state index contributed by atoms with van der Waals surface area (Å²) in [5.74, 6) is 0.636. The zero-order valence-corrected chi connectivity index (χ0v) is 13.5. The van der Waals surface area contributed by atoms with Gasteiger partial charge in [-0.1, -0.05) is 12.8 Å². The molecule has 4 fully saturated rings. The summed E-state index contributed by atoms with van der Waals surface area (Å²) in [7, 11) is 0. The first-order chi connectivity index (χ1) is 10.1. The van der Waals surface area contributed by atoms with Gasteiger partial charge in [0.25, 0.3) is 0 Å². The molecular formula is C15H22ClFN2OS. The van der Waals surface area contributed by atoms with Gasteiger partial charge in [-0.05, 0) is 18.8 Å². The average molecular weight is 333 g/mol. The number of fused-ring (bicyclic) bond motifs is 4. The van der Waals surface area contributed by atoms with E-state index in [1.165, 1.54) is 12.8 Å². The average Bonchev–Trinajstić information content (AvgIpc) is 2.48. The Morgan fingerprint density at radius 3 is 2.95 bits per heavy atom. The molecule has 6 heteroatoms. The maximum Gasteiger partial charge on any atom is 0.151 e. The third-order valence-electron chi connectivity index (χ3n) is 5.77. The molecule has 0 radical (unpaired) electrons. The Hall–Kier alpha value is 0.160. The van der Waals surface area contributed by atoms with Crippen LogP contribution in [0.5, 0.6) is 0 Å². The van der Waals surface area contributed by atoms with Crippen molar-refractivity contribution < 1.29 is 9.18 Å². The van der Waals surface area contributed by atoms with Gasteiger partial charge < -0.3 is 0 Å². The number of rotatable bonds is 0. The number of Topliss-reactive ketones (excluding diaryl/α,β-unsaturated/α-hetero) is 1. The summed E-state index contributed by atoms with van der Waals surface area (Å²) in [5, 5.41) is 6.74. The first-order valence-electron chi connectivity index (χ1n) is 8.12. The van der Waals surface area contributed by atoms with Crippen LogP contribution in [0.4, 0.5) is 4.39 Å². The summed E-state index contributed by atoms with van der Waals surface area (Å²) in [5.41, 5.74) is -0.132. The molecule has 1 aliphatic carbocycles. The van der Waals surface area contributed by atoms with Crippen molar-refractivity contribution in [2.75, 3.05) is 6.54 Å². The molecule has 4 aliphatic rings. The topological polar surface area (TPSA) is 41.1 Å². The van der Waals surface area contributed by atoms with Crippen molar-refractivity contribution in [1.29, 1.82) is 0 Å². The van der Waals surface area contributed by atoms with E-state index in [1.54, 1.807) is 0 Å². The van der Waals surface area contributed by atoms with E-state index in [1.807, 2.05) is 11.8 Å². The lowest BCUT2D eigenvalue weighted by Gasteiger charge is -2.53. The van der Waals surface area contributed by atoms with Crippen LogP contribution in [-0.2, 0) is 4.79 Å². The molecule has 3 nitrogen and oxygen atoms in total. The fourth-order valence-electron chi connectivity index (χ4n) is 4.78. The summed E-state index contributed by atoms with van der Waals surface area (Å²) in [6, 6.07) is 0.381. The number of alkyl halides is 2. The first-order valence-corrected chi connectivity index (χ1v) is 9.50. The predicted molar refractivity (Wildman–Crippen MR) is 83.2 cm³/mol. The Bertz CT molecular complexity index is 440. The van der Waals surface area contributed by atoms with Crippen molar-refractivity contribution in [3.05, 3.63) is 0 Å². The van der Waals surface area contributed by atoms with Crippen LogP contribution >= 0.6 is 23.4 Å². The van der Waals surface area contributed by atoms with Crippen molar-refractivity contribution in [1.82, 2.24) is 10.6 Å². The number of halogens is 2. The van der Waals surface area contributed by atoms with Crippen molar-refractivity contribution in [3.63, 3.8) is 0 Å². The molecule has 21 heavy (non-hydrogen) atoms. The Kier molecular flexibility index (Phi) is 3.97. The summed E-state index contributed by atoms with van der Waals surface area (Å²) < 4.78 is 13.7. The maximum absolute atomic E-state index is 13.7. The molecule has 0 aromatic rings. The van der Waals surface area contributed by atoms with Crippen LogP contribution < -0.4 is 10.6 Å². The van der Waals surface area contributed by atoms with Crippen LogP contribution in [-0.4, -0.2) is 40.7 Å². The summed E-state index contributed by atoms with van der Waals surface area (Å²) in [4.78, 5) is 13.0. The second-order valence-corrected chi connectivity index (χ2v) is 8.80. The van der Waals surface area contributed by atoms with Gasteiger partial charge >= 0.3 is 0 Å². The molecule has 0 amide bonds. The number of ketones is 1. The molecule has 4 rings (SSSR count). The van der Waals surface area contributed by atoms with E-state index in [0.29, 0.717) is 30.7 Å². The number of carbonyl (C=O) groups is 1. The lowest BCUT2D eigenvalue weighted by Crippen LogP contribution is -2.64. The van der Waals surface area contributed by atoms with Crippen LogP contribution in [0.2, 0.25) is 0 Å². The minimum atomic E-state index is -1.02. The molecule has 1 saturated carbocycles. The Morgan fingerprint density at radius 1 is 1.29 bits per heavy atom. The number of carbonyl (C=O) groups excluding carboxylic acids is 1. The van der Waals surface area contributed by atoms with Gasteiger partial charge in [0.2, 0.25) is 0 Å². The molecule has 8 unspecified atom stereocenters. The molecule has 0 aromatic carbocycles. The molecule has 3 saturated heterocycles. The highest BCUT2D eigenvalue weighted by atomic mass is 35.5. The number of piperidine rings is 2. The van der Waals surface area contributed by atoms with Crippen LogP contribution in [0.25, 0.3) is 0 Å². The molecule has 0 aromatic heterocycles. The SMILES string of the molecule is O=C1C2CC(F)NCC2SC2C(Cl)NC3CCCCC3C12. The van der Waals surface area contributed by atoms with E-state index in [2.05, 4.69) is 10.6 Å². The maximum atomic E-state index is 13.7. The highest BCUT2D eigenvalue weighted by Gasteiger charge is 2.55. The van der Waals surface area contributed by atoms with Gasteiger partial charge in [0.15, 0.2) is 6.30 Å². The number of thioether (sulfide) groups is 1. The van der Waals surface area contributed by atoms with Crippen LogP contribution in [0.1, 0.15) is 32.1 Å². The van der Waals surface area contributed by atoms with Gasteiger partial charge in [-0.25, -0.2) is 4.39 Å². The smallest absolute Gasteiger partial charge is 0.151 e. The van der Waals surface area contributed by atoms with E-state index in [0.717, 1.165) is 12.8 Å². The van der Waals surface area contributed by atoms with E-state index in [9.17, 15) is 9.18 Å².